The molecule has 71 heavy (non-hydrogen) atoms. The van der Waals surface area contributed by atoms with Crippen LogP contribution < -0.4 is 42.4 Å². The number of rotatable bonds is 12. The van der Waals surface area contributed by atoms with Gasteiger partial charge in [-0.2, -0.15) is 0 Å². The Balaban J connectivity index is 0.000000188. The van der Waals surface area contributed by atoms with E-state index in [1.807, 2.05) is 0 Å². The van der Waals surface area contributed by atoms with Gasteiger partial charge in [0.05, 0.1) is 0 Å². The third kappa shape index (κ3) is 13.0. The van der Waals surface area contributed by atoms with Crippen LogP contribution in [0.2, 0.25) is 0 Å². The third-order valence-corrected chi connectivity index (χ3v) is 27.3. The van der Waals surface area contributed by atoms with Crippen LogP contribution in [0, 0.1) is 22.7 Å². The van der Waals surface area contributed by atoms with Crippen molar-refractivity contribution in [2.45, 2.75) is 89.9 Å². The van der Waals surface area contributed by atoms with Crippen molar-refractivity contribution in [3.05, 3.63) is 243 Å². The van der Waals surface area contributed by atoms with E-state index in [-0.39, 0.29) is 17.1 Å². The molecule has 2 saturated carbocycles. The van der Waals surface area contributed by atoms with Gasteiger partial charge in [-0.1, -0.05) is 284 Å². The Kier molecular flexibility index (Phi) is 18.6. The SMILES string of the molecule is CC(C)(C)C1CC(P(c2ccccc2)c2ccccc2)C(P(c2ccccc2)c2ccccc2)C1.CC(C)(C)C1CC(P(c2ccccc2)c2ccccc2)C(P(c2ccccc2)c2ccccc2)C1.[Fe]. The van der Waals surface area contributed by atoms with E-state index in [0.29, 0.717) is 33.5 Å². The summed E-state index contributed by atoms with van der Waals surface area (Å²) in [6.45, 7) is 14.7. The van der Waals surface area contributed by atoms with Crippen molar-refractivity contribution < 1.29 is 17.1 Å². The Morgan fingerprint density at radius 3 is 0.479 bits per heavy atom. The molecule has 10 rings (SSSR count). The predicted molar refractivity (Wildman–Crippen MR) is 316 cm³/mol. The molecule has 364 valence electrons. The molecular formula is C66H72FeP4. The first-order valence-corrected chi connectivity index (χ1v) is 31.3. The van der Waals surface area contributed by atoms with Crippen molar-refractivity contribution in [2.24, 2.45) is 22.7 Å². The minimum absolute atomic E-state index is 0. The Labute approximate surface area is 443 Å². The van der Waals surface area contributed by atoms with E-state index in [4.69, 9.17) is 0 Å². The van der Waals surface area contributed by atoms with Gasteiger partial charge >= 0.3 is 0 Å². The van der Waals surface area contributed by atoms with Crippen LogP contribution in [0.15, 0.2) is 243 Å². The van der Waals surface area contributed by atoms with Gasteiger partial charge in [-0.25, -0.2) is 0 Å². The minimum atomic E-state index is -0.462. The maximum absolute atomic E-state index is 2.46. The average Bonchev–Trinajstić information content (AvgIpc) is 4.04. The van der Waals surface area contributed by atoms with Crippen molar-refractivity contribution in [2.75, 3.05) is 0 Å². The maximum Gasteiger partial charge on any atom is 0 e. The largest absolute Gasteiger partial charge is 0.0622 e. The number of hydrogen-bond acceptors (Lipinski definition) is 0. The van der Waals surface area contributed by atoms with Crippen LogP contribution in [0.3, 0.4) is 0 Å². The van der Waals surface area contributed by atoms with Crippen LogP contribution >= 0.6 is 31.7 Å². The number of hydrogen-bond donors (Lipinski definition) is 0. The zero-order valence-corrected chi connectivity index (χ0v) is 47.2. The normalized spacial score (nSPS) is 20.1. The van der Waals surface area contributed by atoms with E-state index in [1.165, 1.54) is 68.1 Å². The molecule has 0 radical (unpaired) electrons. The van der Waals surface area contributed by atoms with Gasteiger partial charge in [0.25, 0.3) is 0 Å². The monoisotopic (exact) mass is 1040 g/mol. The van der Waals surface area contributed by atoms with Gasteiger partial charge < -0.3 is 0 Å². The summed E-state index contributed by atoms with van der Waals surface area (Å²) in [4.78, 5) is 0. The molecule has 0 spiro atoms. The quantitative estimate of drug-likeness (QED) is 0.0845. The van der Waals surface area contributed by atoms with Crippen molar-refractivity contribution in [3.63, 3.8) is 0 Å². The van der Waals surface area contributed by atoms with Crippen LogP contribution in [0.5, 0.6) is 0 Å². The first-order chi connectivity index (χ1) is 34.0. The number of benzene rings is 8. The molecule has 2 aliphatic rings. The van der Waals surface area contributed by atoms with Gasteiger partial charge in [0, 0.05) is 17.1 Å². The molecule has 2 aliphatic carbocycles. The molecule has 4 atom stereocenters. The Bertz CT molecular complexity index is 2230. The Morgan fingerprint density at radius 1 is 0.239 bits per heavy atom. The van der Waals surface area contributed by atoms with Crippen LogP contribution in [0.4, 0.5) is 0 Å². The van der Waals surface area contributed by atoms with E-state index >= 15 is 0 Å². The molecule has 0 aliphatic heterocycles. The van der Waals surface area contributed by atoms with E-state index in [0.717, 1.165) is 11.8 Å². The fraction of sp³-hybridized carbons (Fsp3) is 0.273. The van der Waals surface area contributed by atoms with Gasteiger partial charge in [0.1, 0.15) is 0 Å². The summed E-state index contributed by atoms with van der Waals surface area (Å²) < 4.78 is 0. The molecule has 5 heteroatoms. The van der Waals surface area contributed by atoms with Crippen molar-refractivity contribution in [1.29, 1.82) is 0 Å². The summed E-state index contributed by atoms with van der Waals surface area (Å²) in [7, 11) is -1.85. The molecule has 0 saturated heterocycles. The zero-order valence-electron chi connectivity index (χ0n) is 42.5. The van der Waals surface area contributed by atoms with Crippen LogP contribution in [-0.2, 0) is 17.1 Å². The second-order valence-corrected chi connectivity index (χ2v) is 31.2. The summed E-state index contributed by atoms with van der Waals surface area (Å²) >= 11 is 0. The minimum Gasteiger partial charge on any atom is -0.0622 e. The van der Waals surface area contributed by atoms with Crippen molar-refractivity contribution in [1.82, 2.24) is 0 Å². The molecule has 0 N–H and O–H groups in total. The van der Waals surface area contributed by atoms with Gasteiger partial charge in [0.2, 0.25) is 0 Å². The summed E-state index contributed by atoms with van der Waals surface area (Å²) in [6, 6.07) is 91.1. The summed E-state index contributed by atoms with van der Waals surface area (Å²) in [5.41, 5.74) is 3.26. The smallest absolute Gasteiger partial charge is 0 e. The topological polar surface area (TPSA) is 0 Å². The Hall–Kier alpha value is -4.00. The second-order valence-electron chi connectivity index (χ2n) is 21.5. The fourth-order valence-electron chi connectivity index (χ4n) is 11.3. The first kappa shape index (κ1) is 53.3. The molecule has 8 aromatic carbocycles. The predicted octanol–water partition coefficient (Wildman–Crippen LogP) is 14.9. The van der Waals surface area contributed by atoms with Crippen molar-refractivity contribution >= 4 is 74.1 Å². The van der Waals surface area contributed by atoms with Crippen LogP contribution in [0.25, 0.3) is 0 Å². The fourth-order valence-corrected chi connectivity index (χ4v) is 24.9. The molecule has 0 amide bonds. The zero-order chi connectivity index (χ0) is 48.5. The van der Waals surface area contributed by atoms with E-state index < -0.39 is 31.7 Å². The first-order valence-electron chi connectivity index (χ1n) is 25.6. The molecule has 0 aromatic heterocycles. The summed E-state index contributed by atoms with van der Waals surface area (Å²) in [5.74, 6) is 1.46. The molecule has 2 fully saturated rings. The molecule has 0 bridgehead atoms. The van der Waals surface area contributed by atoms with Crippen LogP contribution in [0.1, 0.15) is 67.2 Å². The van der Waals surface area contributed by atoms with Crippen LogP contribution in [-0.4, -0.2) is 22.6 Å². The summed E-state index contributed by atoms with van der Waals surface area (Å²) in [5, 5.41) is 12.2. The second kappa shape index (κ2) is 24.8. The van der Waals surface area contributed by atoms with E-state index in [9.17, 15) is 0 Å². The molecule has 0 heterocycles. The van der Waals surface area contributed by atoms with Gasteiger partial charge in [-0.05, 0) is 145 Å². The summed E-state index contributed by atoms with van der Waals surface area (Å²) in [6.07, 6.45) is 5.23. The Morgan fingerprint density at radius 2 is 0.366 bits per heavy atom. The van der Waals surface area contributed by atoms with E-state index in [1.54, 1.807) is 0 Å². The maximum atomic E-state index is 2.46. The third-order valence-electron chi connectivity index (χ3n) is 15.0. The molecule has 4 unspecified atom stereocenters. The standard InChI is InChI=1S/2C33H36P2.Fe/c2*1-33(2,3)26-24-31(34(27-16-8-4-9-17-27)28-18-10-5-11-19-28)32(25-26)35(29-20-12-6-13-21-29)30-22-14-7-15-23-30;/h2*4-23,26,31-32H,24-25H2,1-3H3;. The van der Waals surface area contributed by atoms with Gasteiger partial charge in [0.15, 0.2) is 0 Å². The van der Waals surface area contributed by atoms with Crippen molar-refractivity contribution in [3.8, 4) is 0 Å². The molecular weight excluding hydrogens is 972 g/mol. The molecule has 0 nitrogen and oxygen atoms in total. The molecule has 8 aromatic rings. The average molecular weight is 1050 g/mol. The van der Waals surface area contributed by atoms with Gasteiger partial charge in [-0.3, -0.25) is 0 Å². The van der Waals surface area contributed by atoms with Gasteiger partial charge in [-0.15, -0.1) is 0 Å². The van der Waals surface area contributed by atoms with E-state index in [2.05, 4.69) is 284 Å².